The lowest BCUT2D eigenvalue weighted by atomic mass is 10.3. The molecule has 1 N–H and O–H groups in total. The van der Waals surface area contributed by atoms with Crippen molar-refractivity contribution in [2.45, 2.75) is 32.8 Å². The summed E-state index contributed by atoms with van der Waals surface area (Å²) in [7, 11) is 1.89. The Bertz CT molecular complexity index is 273. The number of unbranched alkanes of at least 4 members (excludes halogenated alkanes) is 1. The standard InChI is InChI=1S/C11H21N3O/c1-4-5-6-12-7-10(2)15-11-8-13-14(3)9-11/h8-10,12H,4-7H2,1-3H3. The zero-order valence-electron chi connectivity index (χ0n) is 9.86. The Kier molecular flexibility index (Phi) is 5.18. The van der Waals surface area contributed by atoms with Crippen molar-refractivity contribution < 1.29 is 4.74 Å². The van der Waals surface area contributed by atoms with Crippen LogP contribution in [-0.4, -0.2) is 29.0 Å². The summed E-state index contributed by atoms with van der Waals surface area (Å²) in [6.07, 6.45) is 6.25. The first-order valence-electron chi connectivity index (χ1n) is 5.58. The summed E-state index contributed by atoms with van der Waals surface area (Å²) in [6.45, 7) is 6.20. The monoisotopic (exact) mass is 211 g/mol. The maximum absolute atomic E-state index is 5.67. The predicted molar refractivity (Wildman–Crippen MR) is 61.1 cm³/mol. The van der Waals surface area contributed by atoms with E-state index in [0.29, 0.717) is 0 Å². The molecule has 0 saturated carbocycles. The molecule has 0 aliphatic rings. The average Bonchev–Trinajstić information content (AvgIpc) is 2.59. The van der Waals surface area contributed by atoms with Crippen molar-refractivity contribution >= 4 is 0 Å². The van der Waals surface area contributed by atoms with E-state index in [1.165, 1.54) is 12.8 Å². The molecule has 1 aromatic rings. The predicted octanol–water partition coefficient (Wildman–Crippen LogP) is 1.58. The van der Waals surface area contributed by atoms with Gasteiger partial charge in [-0.1, -0.05) is 13.3 Å². The average molecular weight is 211 g/mol. The van der Waals surface area contributed by atoms with Gasteiger partial charge in [0.25, 0.3) is 0 Å². The van der Waals surface area contributed by atoms with Crippen LogP contribution in [-0.2, 0) is 7.05 Å². The number of nitrogens with one attached hydrogen (secondary N) is 1. The highest BCUT2D eigenvalue weighted by Crippen LogP contribution is 2.08. The van der Waals surface area contributed by atoms with Gasteiger partial charge in [0.2, 0.25) is 0 Å². The molecule has 1 rings (SSSR count). The van der Waals surface area contributed by atoms with Gasteiger partial charge < -0.3 is 10.1 Å². The van der Waals surface area contributed by atoms with Crippen LogP contribution in [0.15, 0.2) is 12.4 Å². The molecular formula is C11H21N3O. The van der Waals surface area contributed by atoms with Crippen LogP contribution in [0.25, 0.3) is 0 Å². The summed E-state index contributed by atoms with van der Waals surface area (Å²) in [5.74, 6) is 0.835. The molecule has 0 radical (unpaired) electrons. The first kappa shape index (κ1) is 12.0. The first-order chi connectivity index (χ1) is 7.22. The van der Waals surface area contributed by atoms with Crippen molar-refractivity contribution in [2.75, 3.05) is 13.1 Å². The maximum atomic E-state index is 5.67. The molecule has 1 aromatic heterocycles. The Morgan fingerprint density at radius 2 is 2.40 bits per heavy atom. The lowest BCUT2D eigenvalue weighted by Crippen LogP contribution is -2.29. The summed E-state index contributed by atoms with van der Waals surface area (Å²) in [5.41, 5.74) is 0. The van der Waals surface area contributed by atoms with E-state index in [9.17, 15) is 0 Å². The summed E-state index contributed by atoms with van der Waals surface area (Å²) in [6, 6.07) is 0. The second kappa shape index (κ2) is 6.45. The second-order valence-electron chi connectivity index (χ2n) is 3.84. The fourth-order valence-electron chi connectivity index (χ4n) is 1.34. The molecule has 4 heteroatoms. The maximum Gasteiger partial charge on any atom is 0.157 e. The van der Waals surface area contributed by atoms with Crippen LogP contribution in [0.4, 0.5) is 0 Å². The van der Waals surface area contributed by atoms with E-state index >= 15 is 0 Å². The fraction of sp³-hybridized carbons (Fsp3) is 0.727. The summed E-state index contributed by atoms with van der Waals surface area (Å²) < 4.78 is 7.41. The van der Waals surface area contributed by atoms with Crippen molar-refractivity contribution in [2.24, 2.45) is 7.05 Å². The van der Waals surface area contributed by atoms with Gasteiger partial charge in [0.1, 0.15) is 6.10 Å². The zero-order chi connectivity index (χ0) is 11.1. The first-order valence-corrected chi connectivity index (χ1v) is 5.58. The summed E-state index contributed by atoms with van der Waals surface area (Å²) in [5, 5.41) is 7.41. The van der Waals surface area contributed by atoms with Gasteiger partial charge in [0, 0.05) is 13.6 Å². The number of hydrogen-bond acceptors (Lipinski definition) is 3. The summed E-state index contributed by atoms with van der Waals surface area (Å²) >= 11 is 0. The molecule has 86 valence electrons. The van der Waals surface area contributed by atoms with E-state index in [0.717, 1.165) is 18.8 Å². The van der Waals surface area contributed by atoms with E-state index in [1.54, 1.807) is 10.9 Å². The van der Waals surface area contributed by atoms with Crippen LogP contribution in [0.3, 0.4) is 0 Å². The molecule has 0 aliphatic heterocycles. The van der Waals surface area contributed by atoms with E-state index in [2.05, 4.69) is 24.3 Å². The molecule has 1 unspecified atom stereocenters. The van der Waals surface area contributed by atoms with Crippen molar-refractivity contribution in [3.05, 3.63) is 12.4 Å². The van der Waals surface area contributed by atoms with E-state index in [1.807, 2.05) is 13.2 Å². The zero-order valence-corrected chi connectivity index (χ0v) is 9.86. The molecule has 0 aromatic carbocycles. The molecule has 1 heterocycles. The van der Waals surface area contributed by atoms with E-state index in [4.69, 9.17) is 4.74 Å². The normalized spacial score (nSPS) is 12.7. The highest BCUT2D eigenvalue weighted by molar-refractivity contribution is 5.11. The van der Waals surface area contributed by atoms with Crippen molar-refractivity contribution in [3.63, 3.8) is 0 Å². The van der Waals surface area contributed by atoms with Gasteiger partial charge in [-0.25, -0.2) is 0 Å². The third-order valence-electron chi connectivity index (χ3n) is 2.16. The Morgan fingerprint density at radius 1 is 1.60 bits per heavy atom. The fourth-order valence-corrected chi connectivity index (χ4v) is 1.34. The third kappa shape index (κ3) is 4.83. The number of nitrogens with zero attached hydrogens (tertiary/aromatic N) is 2. The largest absolute Gasteiger partial charge is 0.486 e. The quantitative estimate of drug-likeness (QED) is 0.696. The van der Waals surface area contributed by atoms with E-state index < -0.39 is 0 Å². The van der Waals surface area contributed by atoms with Gasteiger partial charge in [-0.2, -0.15) is 5.10 Å². The highest BCUT2D eigenvalue weighted by Gasteiger charge is 2.04. The molecular weight excluding hydrogens is 190 g/mol. The van der Waals surface area contributed by atoms with Crippen LogP contribution in [0.5, 0.6) is 5.75 Å². The van der Waals surface area contributed by atoms with Gasteiger partial charge in [0.15, 0.2) is 5.75 Å². The number of aryl methyl sites for hydroxylation is 1. The topological polar surface area (TPSA) is 39.1 Å². The summed E-state index contributed by atoms with van der Waals surface area (Å²) in [4.78, 5) is 0. The van der Waals surface area contributed by atoms with Crippen molar-refractivity contribution in [1.82, 2.24) is 15.1 Å². The second-order valence-corrected chi connectivity index (χ2v) is 3.84. The van der Waals surface area contributed by atoms with Crippen LogP contribution < -0.4 is 10.1 Å². The number of rotatable bonds is 7. The minimum atomic E-state index is 0.186. The van der Waals surface area contributed by atoms with Crippen molar-refractivity contribution in [3.8, 4) is 5.75 Å². The van der Waals surface area contributed by atoms with Gasteiger partial charge in [-0.05, 0) is 19.9 Å². The minimum absolute atomic E-state index is 0.186. The molecule has 0 saturated heterocycles. The Morgan fingerprint density at radius 3 is 3.00 bits per heavy atom. The molecule has 0 aliphatic carbocycles. The Labute approximate surface area is 91.6 Å². The molecule has 0 fully saturated rings. The Hall–Kier alpha value is -1.03. The number of aromatic nitrogens is 2. The minimum Gasteiger partial charge on any atom is -0.486 e. The van der Waals surface area contributed by atoms with Gasteiger partial charge >= 0.3 is 0 Å². The van der Waals surface area contributed by atoms with Crippen molar-refractivity contribution in [1.29, 1.82) is 0 Å². The van der Waals surface area contributed by atoms with Crippen LogP contribution in [0.2, 0.25) is 0 Å². The van der Waals surface area contributed by atoms with Crippen LogP contribution in [0.1, 0.15) is 26.7 Å². The van der Waals surface area contributed by atoms with Crippen LogP contribution >= 0.6 is 0 Å². The lowest BCUT2D eigenvalue weighted by Gasteiger charge is -2.13. The molecule has 0 amide bonds. The molecule has 1 atom stereocenters. The Balaban J connectivity index is 2.15. The van der Waals surface area contributed by atoms with Gasteiger partial charge in [-0.15, -0.1) is 0 Å². The molecule has 15 heavy (non-hydrogen) atoms. The third-order valence-corrected chi connectivity index (χ3v) is 2.16. The lowest BCUT2D eigenvalue weighted by molar-refractivity contribution is 0.217. The van der Waals surface area contributed by atoms with Crippen LogP contribution in [0, 0.1) is 0 Å². The van der Waals surface area contributed by atoms with Gasteiger partial charge in [-0.3, -0.25) is 4.68 Å². The molecule has 4 nitrogen and oxygen atoms in total. The smallest absolute Gasteiger partial charge is 0.157 e. The number of hydrogen-bond donors (Lipinski definition) is 1. The SMILES string of the molecule is CCCCNCC(C)Oc1cnn(C)c1. The highest BCUT2D eigenvalue weighted by atomic mass is 16.5. The molecule has 0 bridgehead atoms. The van der Waals surface area contributed by atoms with Gasteiger partial charge in [0.05, 0.1) is 12.4 Å². The molecule has 0 spiro atoms. The number of ether oxygens (including phenoxy) is 1. The van der Waals surface area contributed by atoms with E-state index in [-0.39, 0.29) is 6.10 Å².